The van der Waals surface area contributed by atoms with Gasteiger partial charge in [0.15, 0.2) is 34.9 Å². The molecule has 0 N–H and O–H groups in total. The molecule has 0 bridgehead atoms. The van der Waals surface area contributed by atoms with Gasteiger partial charge < -0.3 is 0 Å². The fourth-order valence-corrected chi connectivity index (χ4v) is 2.34. The summed E-state index contributed by atoms with van der Waals surface area (Å²) in [6, 6.07) is 8.47. The quantitative estimate of drug-likeness (QED) is 0.349. The van der Waals surface area contributed by atoms with Crippen molar-refractivity contribution in [1.82, 2.24) is 15.0 Å². The van der Waals surface area contributed by atoms with Crippen LogP contribution in [0, 0.1) is 29.1 Å². The van der Waals surface area contributed by atoms with Gasteiger partial charge in [0, 0.05) is 11.0 Å². The van der Waals surface area contributed by atoms with E-state index in [0.29, 0.717) is 5.56 Å². The second kappa shape index (κ2) is 6.68. The largest absolute Gasteiger partial charge is 0.212 e. The van der Waals surface area contributed by atoms with E-state index in [-0.39, 0.29) is 11.6 Å². The lowest BCUT2D eigenvalue weighted by Gasteiger charge is -2.18. The number of hydrogen-bond acceptors (Lipinski definition) is 3. The third-order valence-electron chi connectivity index (χ3n) is 3.77. The highest BCUT2D eigenvalue weighted by Gasteiger charge is 2.30. The zero-order chi connectivity index (χ0) is 19.9. The SMILES string of the molecule is CC(C)(C)c1nc(-c2ccccc2)nc(-c2c(F)c(F)c(F)c(F)c2F)n1. The van der Waals surface area contributed by atoms with Gasteiger partial charge >= 0.3 is 0 Å². The molecule has 0 fully saturated rings. The number of rotatable bonds is 2. The molecule has 0 unspecified atom stereocenters. The summed E-state index contributed by atoms with van der Waals surface area (Å²) < 4.78 is 69.0. The molecule has 0 aliphatic rings. The highest BCUT2D eigenvalue weighted by Crippen LogP contribution is 2.32. The molecule has 2 aromatic carbocycles. The first kappa shape index (κ1) is 18.9. The van der Waals surface area contributed by atoms with Crippen LogP contribution in [0.1, 0.15) is 26.6 Å². The molecular weight excluding hydrogens is 365 g/mol. The van der Waals surface area contributed by atoms with Crippen LogP contribution in [-0.2, 0) is 5.41 Å². The lowest BCUT2D eigenvalue weighted by molar-refractivity contribution is 0.380. The van der Waals surface area contributed by atoms with Gasteiger partial charge in [0.1, 0.15) is 5.82 Å². The first-order chi connectivity index (χ1) is 12.6. The van der Waals surface area contributed by atoms with Crippen LogP contribution < -0.4 is 0 Å². The molecule has 0 atom stereocenters. The minimum atomic E-state index is -2.23. The van der Waals surface area contributed by atoms with Crippen molar-refractivity contribution in [3.05, 3.63) is 65.2 Å². The van der Waals surface area contributed by atoms with E-state index in [1.165, 1.54) is 0 Å². The molecule has 0 aliphatic carbocycles. The van der Waals surface area contributed by atoms with Crippen molar-refractivity contribution in [2.45, 2.75) is 26.2 Å². The van der Waals surface area contributed by atoms with Crippen molar-refractivity contribution in [3.63, 3.8) is 0 Å². The Hall–Kier alpha value is -2.90. The summed E-state index contributed by atoms with van der Waals surface area (Å²) >= 11 is 0. The van der Waals surface area contributed by atoms with Crippen LogP contribution in [0.4, 0.5) is 22.0 Å². The molecule has 140 valence electrons. The molecule has 0 amide bonds. The van der Waals surface area contributed by atoms with E-state index < -0.39 is 45.9 Å². The summed E-state index contributed by atoms with van der Waals surface area (Å²) in [6.07, 6.45) is 0. The molecule has 0 radical (unpaired) electrons. The molecular formula is C19H14F5N3. The van der Waals surface area contributed by atoms with Gasteiger partial charge in [0.2, 0.25) is 5.82 Å². The minimum Gasteiger partial charge on any atom is -0.212 e. The van der Waals surface area contributed by atoms with Crippen LogP contribution in [-0.4, -0.2) is 15.0 Å². The van der Waals surface area contributed by atoms with Gasteiger partial charge in [0.05, 0.1) is 5.56 Å². The molecule has 3 aromatic rings. The predicted octanol–water partition coefficient (Wildman–Crippen LogP) is 5.20. The third-order valence-corrected chi connectivity index (χ3v) is 3.77. The highest BCUT2D eigenvalue weighted by atomic mass is 19.2. The van der Waals surface area contributed by atoms with Crippen LogP contribution >= 0.6 is 0 Å². The van der Waals surface area contributed by atoms with Crippen LogP contribution in [0.2, 0.25) is 0 Å². The average molecular weight is 379 g/mol. The summed E-state index contributed by atoms with van der Waals surface area (Å²) in [5.41, 5.74) is -1.34. The van der Waals surface area contributed by atoms with Gasteiger partial charge in [-0.1, -0.05) is 51.1 Å². The van der Waals surface area contributed by atoms with Crippen molar-refractivity contribution < 1.29 is 22.0 Å². The van der Waals surface area contributed by atoms with Gasteiger partial charge in [-0.2, -0.15) is 0 Å². The monoisotopic (exact) mass is 379 g/mol. The fraction of sp³-hybridized carbons (Fsp3) is 0.211. The normalized spacial score (nSPS) is 11.7. The topological polar surface area (TPSA) is 38.7 Å². The number of benzene rings is 2. The Labute approximate surface area is 151 Å². The van der Waals surface area contributed by atoms with E-state index in [2.05, 4.69) is 15.0 Å². The van der Waals surface area contributed by atoms with Crippen molar-refractivity contribution in [1.29, 1.82) is 0 Å². The first-order valence-electron chi connectivity index (χ1n) is 7.95. The van der Waals surface area contributed by atoms with Gasteiger partial charge in [0.25, 0.3) is 0 Å². The van der Waals surface area contributed by atoms with E-state index in [1.807, 2.05) is 0 Å². The molecule has 0 spiro atoms. The maximum absolute atomic E-state index is 14.2. The maximum Gasteiger partial charge on any atom is 0.200 e. The zero-order valence-electron chi connectivity index (χ0n) is 14.6. The van der Waals surface area contributed by atoms with Crippen molar-refractivity contribution >= 4 is 0 Å². The Balaban J connectivity index is 2.35. The summed E-state index contributed by atoms with van der Waals surface area (Å²) in [5.74, 6) is -10.7. The summed E-state index contributed by atoms with van der Waals surface area (Å²) in [4.78, 5) is 12.2. The van der Waals surface area contributed by atoms with Crippen molar-refractivity contribution in [2.75, 3.05) is 0 Å². The minimum absolute atomic E-state index is 0.0643. The Bertz CT molecular complexity index is 985. The molecule has 3 rings (SSSR count). The van der Waals surface area contributed by atoms with Crippen LogP contribution in [0.3, 0.4) is 0 Å². The zero-order valence-corrected chi connectivity index (χ0v) is 14.6. The molecule has 3 nitrogen and oxygen atoms in total. The number of nitrogens with zero attached hydrogens (tertiary/aromatic N) is 3. The standard InChI is InChI=1S/C19H14F5N3/c1-19(2,3)18-26-16(9-7-5-4-6-8-9)25-17(27-18)10-11(20)13(22)15(24)14(23)12(10)21/h4-8H,1-3H3. The summed E-state index contributed by atoms with van der Waals surface area (Å²) in [6.45, 7) is 5.25. The molecule has 0 saturated heterocycles. The summed E-state index contributed by atoms with van der Waals surface area (Å²) in [7, 11) is 0. The van der Waals surface area contributed by atoms with Crippen molar-refractivity contribution in [2.24, 2.45) is 0 Å². The molecule has 0 aliphatic heterocycles. The second-order valence-corrected chi connectivity index (χ2v) is 6.87. The maximum atomic E-state index is 14.2. The van der Waals surface area contributed by atoms with E-state index in [1.54, 1.807) is 51.1 Å². The molecule has 1 heterocycles. The Morgan fingerprint density at radius 2 is 1.11 bits per heavy atom. The molecule has 27 heavy (non-hydrogen) atoms. The molecule has 8 heteroatoms. The highest BCUT2D eigenvalue weighted by molar-refractivity contribution is 5.62. The molecule has 1 aromatic heterocycles. The van der Waals surface area contributed by atoms with E-state index in [0.717, 1.165) is 0 Å². The van der Waals surface area contributed by atoms with E-state index in [9.17, 15) is 22.0 Å². The number of halogens is 5. The van der Waals surface area contributed by atoms with Gasteiger partial charge in [-0.15, -0.1) is 0 Å². The Morgan fingerprint density at radius 1 is 0.630 bits per heavy atom. The average Bonchev–Trinajstić information content (AvgIpc) is 2.65. The number of hydrogen-bond donors (Lipinski definition) is 0. The molecule has 0 saturated carbocycles. The van der Waals surface area contributed by atoms with Crippen molar-refractivity contribution in [3.8, 4) is 22.8 Å². The lowest BCUT2D eigenvalue weighted by atomic mass is 9.95. The van der Waals surface area contributed by atoms with Crippen LogP contribution in [0.5, 0.6) is 0 Å². The second-order valence-electron chi connectivity index (χ2n) is 6.87. The van der Waals surface area contributed by atoms with Crippen LogP contribution in [0.25, 0.3) is 22.8 Å². The smallest absolute Gasteiger partial charge is 0.200 e. The van der Waals surface area contributed by atoms with Crippen LogP contribution in [0.15, 0.2) is 30.3 Å². The fourth-order valence-electron chi connectivity index (χ4n) is 2.34. The Kier molecular flexibility index (Phi) is 4.67. The third kappa shape index (κ3) is 3.39. The first-order valence-corrected chi connectivity index (χ1v) is 7.95. The number of aromatic nitrogens is 3. The lowest BCUT2D eigenvalue weighted by Crippen LogP contribution is -2.18. The van der Waals surface area contributed by atoms with E-state index >= 15 is 0 Å². The van der Waals surface area contributed by atoms with E-state index in [4.69, 9.17) is 0 Å². The Morgan fingerprint density at radius 3 is 1.63 bits per heavy atom. The van der Waals surface area contributed by atoms with Gasteiger partial charge in [-0.25, -0.2) is 36.9 Å². The predicted molar refractivity (Wildman–Crippen MR) is 89.2 cm³/mol. The van der Waals surface area contributed by atoms with Gasteiger partial charge in [-0.05, 0) is 0 Å². The van der Waals surface area contributed by atoms with Gasteiger partial charge in [-0.3, -0.25) is 0 Å². The summed E-state index contributed by atoms with van der Waals surface area (Å²) in [5, 5.41) is 0.